The van der Waals surface area contributed by atoms with Gasteiger partial charge in [-0.1, -0.05) is 0 Å². The van der Waals surface area contributed by atoms with Gasteiger partial charge in [-0.2, -0.15) is 0 Å². The van der Waals surface area contributed by atoms with Crippen LogP contribution in [-0.4, -0.2) is 51.2 Å². The fourth-order valence-corrected chi connectivity index (χ4v) is 3.70. The molecule has 140 valence electrons. The number of nitrogens with two attached hydrogens (primary N) is 1. The smallest absolute Gasteiger partial charge is 0.222 e. The molecule has 1 heterocycles. The van der Waals surface area contributed by atoms with Gasteiger partial charge in [-0.15, -0.1) is 0 Å². The number of piperidine rings is 1. The second-order valence-electron chi connectivity index (χ2n) is 6.52. The van der Waals surface area contributed by atoms with E-state index < -0.39 is 9.84 Å². The Morgan fingerprint density at radius 1 is 1.24 bits per heavy atom. The molecule has 25 heavy (non-hydrogen) atoms. The molecule has 1 unspecified atom stereocenters. The minimum atomic E-state index is -3.18. The number of nitrogens with zero attached hydrogens (tertiary/aromatic N) is 1. The third kappa shape index (κ3) is 6.01. The van der Waals surface area contributed by atoms with E-state index in [2.05, 4.69) is 0 Å². The number of unbranched alkanes of at least 4 members (excludes halogenated alkanes) is 1. The summed E-state index contributed by atoms with van der Waals surface area (Å²) in [6, 6.07) is 6.59. The lowest BCUT2D eigenvalue weighted by molar-refractivity contribution is -0.134. The highest BCUT2D eigenvalue weighted by Gasteiger charge is 2.24. The molecule has 1 aromatic carbocycles. The van der Waals surface area contributed by atoms with Crippen molar-refractivity contribution in [2.24, 2.45) is 5.73 Å². The maximum atomic E-state index is 12.3. The SMILES string of the molecule is CS(=O)(=O)c1ccc(OCCCCC(=O)N2CCCCC2CN)cc1. The summed E-state index contributed by atoms with van der Waals surface area (Å²) in [5, 5.41) is 0. The Morgan fingerprint density at radius 3 is 2.60 bits per heavy atom. The van der Waals surface area contributed by atoms with Crippen molar-refractivity contribution in [2.75, 3.05) is 26.0 Å². The van der Waals surface area contributed by atoms with Crippen molar-refractivity contribution < 1.29 is 17.9 Å². The van der Waals surface area contributed by atoms with Gasteiger partial charge >= 0.3 is 0 Å². The first-order valence-corrected chi connectivity index (χ1v) is 10.7. The molecule has 1 atom stereocenters. The van der Waals surface area contributed by atoms with E-state index >= 15 is 0 Å². The van der Waals surface area contributed by atoms with E-state index in [0.29, 0.717) is 25.3 Å². The van der Waals surface area contributed by atoms with Crippen LogP contribution in [0.4, 0.5) is 0 Å². The van der Waals surface area contributed by atoms with Gasteiger partial charge < -0.3 is 15.4 Å². The van der Waals surface area contributed by atoms with Crippen LogP contribution >= 0.6 is 0 Å². The van der Waals surface area contributed by atoms with Crippen LogP contribution in [0, 0.1) is 0 Å². The van der Waals surface area contributed by atoms with Crippen molar-refractivity contribution in [3.05, 3.63) is 24.3 Å². The van der Waals surface area contributed by atoms with E-state index in [0.717, 1.165) is 38.6 Å². The van der Waals surface area contributed by atoms with Crippen LogP contribution < -0.4 is 10.5 Å². The van der Waals surface area contributed by atoms with E-state index in [1.165, 1.54) is 18.4 Å². The van der Waals surface area contributed by atoms with Crippen molar-refractivity contribution in [3.63, 3.8) is 0 Å². The molecule has 0 aliphatic carbocycles. The predicted molar refractivity (Wildman–Crippen MR) is 97.3 cm³/mol. The summed E-state index contributed by atoms with van der Waals surface area (Å²) in [5.74, 6) is 0.825. The summed E-state index contributed by atoms with van der Waals surface area (Å²) < 4.78 is 28.4. The Balaban J connectivity index is 1.68. The molecule has 1 saturated heterocycles. The van der Waals surface area contributed by atoms with Crippen molar-refractivity contribution in [2.45, 2.75) is 49.5 Å². The Kier molecular flexibility index (Phi) is 7.25. The van der Waals surface area contributed by atoms with Crippen LogP contribution in [-0.2, 0) is 14.6 Å². The van der Waals surface area contributed by atoms with E-state index in [1.54, 1.807) is 12.1 Å². The van der Waals surface area contributed by atoms with Gasteiger partial charge in [0.25, 0.3) is 0 Å². The summed E-state index contributed by atoms with van der Waals surface area (Å²) in [4.78, 5) is 14.5. The lowest BCUT2D eigenvalue weighted by Gasteiger charge is -2.35. The largest absolute Gasteiger partial charge is 0.494 e. The van der Waals surface area contributed by atoms with Gasteiger partial charge in [0.2, 0.25) is 5.91 Å². The molecule has 1 aliphatic heterocycles. The molecule has 2 rings (SSSR count). The van der Waals surface area contributed by atoms with Crippen LogP contribution in [0.15, 0.2) is 29.2 Å². The van der Waals surface area contributed by atoms with Gasteiger partial charge in [0.1, 0.15) is 5.75 Å². The molecule has 2 N–H and O–H groups in total. The molecule has 6 nitrogen and oxygen atoms in total. The number of hydrogen-bond donors (Lipinski definition) is 1. The first-order valence-electron chi connectivity index (χ1n) is 8.84. The molecule has 0 radical (unpaired) electrons. The zero-order valence-electron chi connectivity index (χ0n) is 14.8. The Labute approximate surface area is 150 Å². The highest BCUT2D eigenvalue weighted by Crippen LogP contribution is 2.18. The quantitative estimate of drug-likeness (QED) is 0.709. The molecule has 1 aromatic rings. The van der Waals surface area contributed by atoms with E-state index in [1.807, 2.05) is 4.90 Å². The minimum absolute atomic E-state index is 0.188. The third-order valence-corrected chi connectivity index (χ3v) is 5.65. The highest BCUT2D eigenvalue weighted by atomic mass is 32.2. The van der Waals surface area contributed by atoms with Gasteiger partial charge in [-0.25, -0.2) is 8.42 Å². The maximum Gasteiger partial charge on any atom is 0.222 e. The van der Waals surface area contributed by atoms with Gasteiger partial charge in [0.05, 0.1) is 11.5 Å². The summed E-state index contributed by atoms with van der Waals surface area (Å²) in [6.45, 7) is 1.87. The summed E-state index contributed by atoms with van der Waals surface area (Å²) in [7, 11) is -3.18. The van der Waals surface area contributed by atoms with Gasteiger partial charge in [0, 0.05) is 31.8 Å². The van der Waals surface area contributed by atoms with Crippen molar-refractivity contribution in [3.8, 4) is 5.75 Å². The number of amides is 1. The summed E-state index contributed by atoms with van der Waals surface area (Å²) in [5.41, 5.74) is 5.76. The molecule has 0 saturated carbocycles. The molecular formula is C18H28N2O4S. The number of benzene rings is 1. The summed E-state index contributed by atoms with van der Waals surface area (Å²) >= 11 is 0. The molecular weight excluding hydrogens is 340 g/mol. The number of likely N-dealkylation sites (tertiary alicyclic amines) is 1. The van der Waals surface area contributed by atoms with Crippen LogP contribution in [0.1, 0.15) is 38.5 Å². The number of ether oxygens (including phenoxy) is 1. The molecule has 1 aliphatic rings. The summed E-state index contributed by atoms with van der Waals surface area (Å²) in [6.07, 6.45) is 6.47. The standard InChI is InChI=1S/C18H28N2O4S/c1-25(22,23)17-10-8-16(9-11-17)24-13-5-3-7-18(21)20-12-4-2-6-15(20)14-19/h8-11,15H,2-7,12-14,19H2,1H3. The monoisotopic (exact) mass is 368 g/mol. The zero-order valence-corrected chi connectivity index (χ0v) is 15.6. The molecule has 0 spiro atoms. The van der Waals surface area contributed by atoms with E-state index in [4.69, 9.17) is 10.5 Å². The predicted octanol–water partition coefficient (Wildman–Crippen LogP) is 1.98. The topological polar surface area (TPSA) is 89.7 Å². The second kappa shape index (κ2) is 9.20. The number of carbonyl (C=O) groups is 1. The number of sulfone groups is 1. The number of carbonyl (C=O) groups excluding carboxylic acids is 1. The zero-order chi connectivity index (χ0) is 18.3. The number of rotatable bonds is 8. The maximum absolute atomic E-state index is 12.3. The van der Waals surface area contributed by atoms with Crippen molar-refractivity contribution >= 4 is 15.7 Å². The third-order valence-electron chi connectivity index (χ3n) is 4.53. The lowest BCUT2D eigenvalue weighted by Crippen LogP contribution is -2.47. The molecule has 0 bridgehead atoms. The number of hydrogen-bond acceptors (Lipinski definition) is 5. The van der Waals surface area contributed by atoms with Crippen molar-refractivity contribution in [1.82, 2.24) is 4.90 Å². The second-order valence-corrected chi connectivity index (χ2v) is 8.54. The van der Waals surface area contributed by atoms with Crippen LogP contribution in [0.5, 0.6) is 5.75 Å². The fourth-order valence-electron chi connectivity index (χ4n) is 3.07. The highest BCUT2D eigenvalue weighted by molar-refractivity contribution is 7.90. The molecule has 1 amide bonds. The van der Waals surface area contributed by atoms with Crippen molar-refractivity contribution in [1.29, 1.82) is 0 Å². The average Bonchev–Trinajstić information content (AvgIpc) is 2.61. The first kappa shape index (κ1) is 19.7. The Hall–Kier alpha value is -1.60. The molecule has 7 heteroatoms. The Bertz CT molecular complexity index is 658. The van der Waals surface area contributed by atoms with Crippen LogP contribution in [0.2, 0.25) is 0 Å². The molecule has 0 aromatic heterocycles. The van der Waals surface area contributed by atoms with E-state index in [9.17, 15) is 13.2 Å². The first-order chi connectivity index (χ1) is 11.9. The van der Waals surface area contributed by atoms with Gasteiger partial charge in [-0.05, 0) is 56.4 Å². The average molecular weight is 368 g/mol. The van der Waals surface area contributed by atoms with Crippen LogP contribution in [0.25, 0.3) is 0 Å². The molecule has 1 fully saturated rings. The van der Waals surface area contributed by atoms with Gasteiger partial charge in [-0.3, -0.25) is 4.79 Å². The van der Waals surface area contributed by atoms with Gasteiger partial charge in [0.15, 0.2) is 9.84 Å². The minimum Gasteiger partial charge on any atom is -0.494 e. The Morgan fingerprint density at radius 2 is 1.96 bits per heavy atom. The fraction of sp³-hybridized carbons (Fsp3) is 0.611. The van der Waals surface area contributed by atoms with E-state index in [-0.39, 0.29) is 16.8 Å². The van der Waals surface area contributed by atoms with Crippen LogP contribution in [0.3, 0.4) is 0 Å². The normalized spacial score (nSPS) is 18.2. The lowest BCUT2D eigenvalue weighted by atomic mass is 10.0.